The van der Waals surface area contributed by atoms with Crippen LogP contribution in [0.2, 0.25) is 20.1 Å². The highest BCUT2D eigenvalue weighted by Crippen LogP contribution is 2.46. The first-order valence-corrected chi connectivity index (χ1v) is 50.2. The van der Waals surface area contributed by atoms with Gasteiger partial charge in [0.1, 0.15) is 76.0 Å². The molecule has 35 heteroatoms. The molecule has 29 nitrogen and oxygen atoms in total. The topological polar surface area (TPSA) is 352 Å². The summed E-state index contributed by atoms with van der Waals surface area (Å²) in [6, 6.07) is 71.0. The molecule has 5 aliphatic rings. The fourth-order valence-corrected chi connectivity index (χ4v) is 19.7. The second-order valence-corrected chi connectivity index (χ2v) is 38.0. The third kappa shape index (κ3) is 25.3. The summed E-state index contributed by atoms with van der Waals surface area (Å²) >= 11 is 25.1. The number of hydrogen-bond donors (Lipinski definition) is 9. The molecule has 0 spiro atoms. The Kier molecular flexibility index (Phi) is 34.5. The molecule has 1 saturated heterocycles. The van der Waals surface area contributed by atoms with Crippen LogP contribution in [0, 0.1) is 17.6 Å². The van der Waals surface area contributed by atoms with E-state index in [2.05, 4.69) is 30.2 Å². The number of rotatable bonds is 27. The number of fused-ring (bicyclic) bond motifs is 12. The van der Waals surface area contributed by atoms with Crippen molar-refractivity contribution in [3.05, 3.63) is 348 Å². The third-order valence-electron chi connectivity index (χ3n) is 26.1. The average Bonchev–Trinajstić information content (AvgIpc) is 1.62. The number of amides is 6. The largest absolute Gasteiger partial charge is 0.494 e. The van der Waals surface area contributed by atoms with Crippen molar-refractivity contribution in [1.29, 1.82) is 0 Å². The molecule has 0 saturated carbocycles. The van der Waals surface area contributed by atoms with Crippen LogP contribution in [0.5, 0.6) is 40.2 Å². The van der Waals surface area contributed by atoms with Gasteiger partial charge in [-0.1, -0.05) is 127 Å². The van der Waals surface area contributed by atoms with Gasteiger partial charge in [0.05, 0.1) is 33.0 Å². The fourth-order valence-electron chi connectivity index (χ4n) is 19.0. The van der Waals surface area contributed by atoms with Crippen molar-refractivity contribution in [2.75, 3.05) is 125 Å². The van der Waals surface area contributed by atoms with Gasteiger partial charge in [0.25, 0.3) is 11.8 Å². The fraction of sp³-hybridized carbons (Fsp3) is 0.286. The summed E-state index contributed by atoms with van der Waals surface area (Å²) in [4.78, 5) is 102. The smallest absolute Gasteiger partial charge is 0.416 e. The number of β-amino-alcohol motifs (C(OH)–C–C–N with tert-alkyl or cyclic N) is 1. The Labute approximate surface area is 866 Å². The molecule has 9 N–H and O–H groups in total. The lowest BCUT2D eigenvalue weighted by atomic mass is 9.92. The maximum Gasteiger partial charge on any atom is 0.416 e. The summed E-state index contributed by atoms with van der Waals surface area (Å²) in [6.45, 7) is 10.5. The van der Waals surface area contributed by atoms with E-state index < -0.39 is 42.0 Å². The van der Waals surface area contributed by atoms with Crippen molar-refractivity contribution < 1.29 is 95.9 Å². The van der Waals surface area contributed by atoms with Gasteiger partial charge >= 0.3 is 24.4 Å². The van der Waals surface area contributed by atoms with Crippen LogP contribution in [0.25, 0.3) is 43.6 Å². The van der Waals surface area contributed by atoms with Crippen LogP contribution in [-0.4, -0.2) is 231 Å². The van der Waals surface area contributed by atoms with Gasteiger partial charge in [-0.3, -0.25) is 34.1 Å². The minimum Gasteiger partial charge on any atom is -0.494 e. The predicted molar refractivity (Wildman–Crippen MR) is 557 cm³/mol. The minimum atomic E-state index is -0.565. The van der Waals surface area contributed by atoms with Crippen molar-refractivity contribution in [3.63, 3.8) is 0 Å². The molecular formula is C112H111Cl4F2N11O18. The summed E-state index contributed by atoms with van der Waals surface area (Å²) in [6.07, 6.45) is 1.94. The maximum atomic E-state index is 13.5. The SMILES string of the molecule is CC(C)COC(=O)N1CCc2c([nH]c3ccc(Cl)cc23)C1c1ccc(OCCCO)cc1.O=C(COc1ccc(C2c3[nH]c4ccc(Cl)cc4c3CCN2C(=O)Oc2ccc(F)cc2)cc1)N1CCN(CCO)CC1.O=C(COc1ccc(C2c3[nH]c4ccc(Cl)cc4c3CCN2C(=O)Oc2ccc(F)cc2)cc1)NCCO.O=C(Oc1ccccc1)N1CCc2c([nH]c3ccc(Cl)cc23)C1c1ccc(OCCCO)cc1. The molecule has 11 aromatic carbocycles. The van der Waals surface area contributed by atoms with Crippen LogP contribution in [0.15, 0.2) is 249 Å². The number of ether oxygens (including phenoxy) is 8. The van der Waals surface area contributed by atoms with Crippen LogP contribution in [0.1, 0.15) is 118 Å². The molecular weight excluding hydrogens is 1970 g/mol. The first-order valence-electron chi connectivity index (χ1n) is 48.7. The van der Waals surface area contributed by atoms with Crippen molar-refractivity contribution in [2.24, 2.45) is 5.92 Å². The van der Waals surface area contributed by atoms with E-state index in [9.17, 15) is 37.5 Å². The predicted octanol–water partition coefficient (Wildman–Crippen LogP) is 20.3. The molecule has 0 radical (unpaired) electrons. The summed E-state index contributed by atoms with van der Waals surface area (Å²) in [7, 11) is 0. The van der Waals surface area contributed by atoms with E-state index >= 15 is 0 Å². The van der Waals surface area contributed by atoms with E-state index in [1.165, 1.54) is 54.1 Å². The Balaban J connectivity index is 0.000000135. The zero-order valence-electron chi connectivity index (χ0n) is 80.7. The molecule has 0 bridgehead atoms. The number of piperazine rings is 1. The first-order chi connectivity index (χ1) is 71.4. The number of carbonyl (C=O) groups excluding carboxylic acids is 6. The Morgan fingerprint density at radius 1 is 0.367 bits per heavy atom. The summed E-state index contributed by atoms with van der Waals surface area (Å²) < 4.78 is 72.0. The number of halogens is 6. The van der Waals surface area contributed by atoms with E-state index in [1.54, 1.807) is 60.9 Å². The number of H-pyrrole nitrogens is 4. The molecule has 15 aromatic rings. The van der Waals surface area contributed by atoms with Gasteiger partial charge in [-0.2, -0.15) is 0 Å². The number of nitrogens with zero attached hydrogens (tertiary/aromatic N) is 6. The van der Waals surface area contributed by atoms with Crippen molar-refractivity contribution in [3.8, 4) is 40.2 Å². The van der Waals surface area contributed by atoms with Crippen molar-refractivity contribution in [1.82, 2.24) is 54.7 Å². The number of hydrogen-bond acceptors (Lipinski definition) is 19. The van der Waals surface area contributed by atoms with E-state index in [4.69, 9.17) is 105 Å². The van der Waals surface area contributed by atoms with E-state index in [0.29, 0.717) is 135 Å². The maximum absolute atomic E-state index is 13.5. The number of aliphatic hydroxyl groups is 4. The lowest BCUT2D eigenvalue weighted by Crippen LogP contribution is -2.50. The van der Waals surface area contributed by atoms with Crippen LogP contribution < -0.4 is 38.5 Å². The lowest BCUT2D eigenvalue weighted by Gasteiger charge is -2.35. The number of para-hydroxylation sites is 1. The molecule has 4 atom stereocenters. The summed E-state index contributed by atoms with van der Waals surface area (Å²) in [5, 5.41) is 45.2. The van der Waals surface area contributed by atoms with E-state index in [0.717, 1.165) is 136 Å². The highest BCUT2D eigenvalue weighted by molar-refractivity contribution is 6.32. The number of carbonyl (C=O) groups is 6. The van der Waals surface area contributed by atoms with Gasteiger partial charge in [0.15, 0.2) is 13.2 Å². The molecule has 5 aliphatic heterocycles. The van der Waals surface area contributed by atoms with Gasteiger partial charge in [0, 0.05) is 178 Å². The Morgan fingerprint density at radius 2 is 0.687 bits per heavy atom. The van der Waals surface area contributed by atoms with Gasteiger partial charge in [0.2, 0.25) is 0 Å². The molecule has 764 valence electrons. The van der Waals surface area contributed by atoms with Crippen LogP contribution >= 0.6 is 46.4 Å². The normalized spacial score (nSPS) is 15.8. The molecule has 4 aromatic heterocycles. The van der Waals surface area contributed by atoms with Crippen LogP contribution in [-0.2, 0) is 40.0 Å². The second kappa shape index (κ2) is 48.8. The number of aromatic nitrogens is 4. The minimum absolute atomic E-state index is 0.0776. The van der Waals surface area contributed by atoms with E-state index in [-0.39, 0.29) is 93.6 Å². The highest BCUT2D eigenvalue weighted by atomic mass is 35.5. The molecule has 9 heterocycles. The second-order valence-electron chi connectivity index (χ2n) is 36.2. The third-order valence-corrected chi connectivity index (χ3v) is 27.0. The van der Waals surface area contributed by atoms with Crippen LogP contribution in [0.4, 0.5) is 28.0 Å². The number of nitrogens with one attached hydrogen (secondary N) is 5. The van der Waals surface area contributed by atoms with Crippen LogP contribution in [0.3, 0.4) is 0 Å². The quantitative estimate of drug-likeness (QED) is 0.0216. The molecule has 1 fully saturated rings. The molecule has 0 aliphatic carbocycles. The van der Waals surface area contributed by atoms with Crippen molar-refractivity contribution in [2.45, 2.75) is 76.5 Å². The van der Waals surface area contributed by atoms with Gasteiger partial charge in [-0.05, 0) is 258 Å². The highest BCUT2D eigenvalue weighted by Gasteiger charge is 2.42. The van der Waals surface area contributed by atoms with Gasteiger partial charge in [-0.25, -0.2) is 28.0 Å². The van der Waals surface area contributed by atoms with E-state index in [1.807, 2.05) is 178 Å². The number of aromatic amines is 4. The zero-order chi connectivity index (χ0) is 103. The number of aliphatic hydroxyl groups excluding tert-OH is 4. The molecule has 147 heavy (non-hydrogen) atoms. The summed E-state index contributed by atoms with van der Waals surface area (Å²) in [5.74, 6) is 2.47. The van der Waals surface area contributed by atoms with Gasteiger partial charge in [-0.15, -0.1) is 0 Å². The summed E-state index contributed by atoms with van der Waals surface area (Å²) in [5.41, 5.74) is 15.5. The standard InChI is InChI=1S/C32H32ClFN4O5.C28H25ClFN3O5.C27H25ClN2O4.C25H29ClN2O4/c33-22-3-10-28-27(19-22)26-11-12-38(32(41)43-25-8-4-23(34)5-9-25)31(30(26)35-28)21-1-6-24(7-2-21)42-20-29(40)37-15-13-36(14-16-37)17-18-39;29-18-3-10-24-23(15-18)22-11-13-33(28(36)38-21-8-4-19(30)5-9-21)27(26(22)32-24)17-1-6-20(7-2-17)37-16-25(35)31-12-14-34;28-19-9-12-24-23(17-19)22-13-14-30(27(32)34-21-5-2-1-3-6-21)26(25(22)29-24)18-7-10-20(11-8-18)33-16-4-15-31;1-16(2)15-32-25(30)28-11-10-20-21-14-18(26)6-9-22(21)27-23(20)24(28)17-4-7-19(8-5-17)31-13-3-12-29/h1-10,19,31,35,39H,11-18,20H2;1-10,15,27,32,34H,11-14,16H2,(H,31,35);1-3,5-12,17,26,29,31H,4,13-16H2;4-9,14,16,24,27,29H,3,10-13,15H2,1-2H3. The van der Waals surface area contributed by atoms with Crippen molar-refractivity contribution >= 4 is 126 Å². The lowest BCUT2D eigenvalue weighted by molar-refractivity contribution is -0.135. The Hall–Kier alpha value is -14.4. The average molecular weight is 2080 g/mol. The monoisotopic (exact) mass is 2080 g/mol. The molecule has 4 unspecified atom stereocenters. The molecule has 6 amide bonds. The molecule has 20 rings (SSSR count). The van der Waals surface area contributed by atoms with Gasteiger partial charge < -0.3 is 88.5 Å². The Morgan fingerprint density at radius 3 is 1.01 bits per heavy atom. The first kappa shape index (κ1) is 104. The zero-order valence-corrected chi connectivity index (χ0v) is 83.7. The Bertz CT molecular complexity index is 7100. The number of benzene rings is 11.